The summed E-state index contributed by atoms with van der Waals surface area (Å²) >= 11 is 0. The second-order valence-corrected chi connectivity index (χ2v) is 7.62. The quantitative estimate of drug-likeness (QED) is 0.816. The third kappa shape index (κ3) is 3.59. The summed E-state index contributed by atoms with van der Waals surface area (Å²) in [6, 6.07) is 0.0651. The van der Waals surface area contributed by atoms with Crippen molar-refractivity contribution in [1.82, 2.24) is 5.32 Å². The first kappa shape index (κ1) is 15.5. The molecule has 0 aromatic rings. The molecule has 0 bridgehead atoms. The van der Waals surface area contributed by atoms with E-state index < -0.39 is 28.6 Å². The van der Waals surface area contributed by atoms with Gasteiger partial charge in [0.2, 0.25) is 5.91 Å². The first-order chi connectivity index (χ1) is 9.51. The number of rotatable bonds is 4. The van der Waals surface area contributed by atoms with E-state index in [0.29, 0.717) is 30.3 Å². The lowest BCUT2D eigenvalue weighted by molar-refractivity contribution is -0.146. The topological polar surface area (TPSA) is 83.5 Å². The van der Waals surface area contributed by atoms with Crippen LogP contribution in [0.2, 0.25) is 0 Å². The van der Waals surface area contributed by atoms with Gasteiger partial charge < -0.3 is 10.4 Å². The number of carboxylic acids is 1. The number of amides is 1. The summed E-state index contributed by atoms with van der Waals surface area (Å²) in [5.74, 6) is -0.310. The molecule has 1 saturated carbocycles. The lowest BCUT2D eigenvalue weighted by atomic mass is 9.95. The van der Waals surface area contributed by atoms with Gasteiger partial charge in [0, 0.05) is 28.3 Å². The van der Waals surface area contributed by atoms with Crippen molar-refractivity contribution < 1.29 is 18.9 Å². The summed E-state index contributed by atoms with van der Waals surface area (Å²) in [4.78, 5) is 23.6. The zero-order valence-corrected chi connectivity index (χ0v) is 12.7. The van der Waals surface area contributed by atoms with E-state index in [9.17, 15) is 18.9 Å². The van der Waals surface area contributed by atoms with Crippen molar-refractivity contribution in [3.8, 4) is 0 Å². The molecule has 1 amide bonds. The van der Waals surface area contributed by atoms with Gasteiger partial charge in [0.1, 0.15) is 0 Å². The van der Waals surface area contributed by atoms with Crippen molar-refractivity contribution in [1.29, 1.82) is 0 Å². The van der Waals surface area contributed by atoms with Gasteiger partial charge in [-0.05, 0) is 31.6 Å². The molecule has 5 nitrogen and oxygen atoms in total. The molecule has 20 heavy (non-hydrogen) atoms. The molecule has 0 spiro atoms. The van der Waals surface area contributed by atoms with Gasteiger partial charge in [0.05, 0.1) is 11.8 Å². The maximum Gasteiger partial charge on any atom is 0.307 e. The molecule has 2 fully saturated rings. The highest BCUT2D eigenvalue weighted by atomic mass is 32.2. The molecule has 0 aromatic heterocycles. The fourth-order valence-electron chi connectivity index (χ4n) is 3.29. The molecule has 0 radical (unpaired) electrons. The Morgan fingerprint density at radius 3 is 2.35 bits per heavy atom. The predicted octanol–water partition coefficient (Wildman–Crippen LogP) is 1.15. The van der Waals surface area contributed by atoms with E-state index in [1.54, 1.807) is 0 Å². The van der Waals surface area contributed by atoms with Crippen LogP contribution < -0.4 is 5.32 Å². The zero-order valence-electron chi connectivity index (χ0n) is 11.8. The highest BCUT2D eigenvalue weighted by molar-refractivity contribution is 7.85. The number of hydrogen-bond donors (Lipinski definition) is 2. The van der Waals surface area contributed by atoms with Gasteiger partial charge in [-0.3, -0.25) is 13.8 Å². The average molecular weight is 301 g/mol. The van der Waals surface area contributed by atoms with Crippen LogP contribution in [0.25, 0.3) is 0 Å². The minimum atomic E-state index is -0.856. The Morgan fingerprint density at radius 1 is 1.20 bits per heavy atom. The van der Waals surface area contributed by atoms with Gasteiger partial charge in [-0.2, -0.15) is 0 Å². The van der Waals surface area contributed by atoms with Crippen molar-refractivity contribution >= 4 is 22.7 Å². The van der Waals surface area contributed by atoms with Crippen LogP contribution >= 0.6 is 0 Å². The summed E-state index contributed by atoms with van der Waals surface area (Å²) in [6.45, 7) is 2.04. The van der Waals surface area contributed by atoms with Crippen molar-refractivity contribution in [2.24, 2.45) is 17.8 Å². The number of carboxylic acid groups (broad SMARTS) is 1. The smallest absolute Gasteiger partial charge is 0.307 e. The Hall–Kier alpha value is -0.910. The second kappa shape index (κ2) is 6.70. The van der Waals surface area contributed by atoms with Gasteiger partial charge in [0.15, 0.2) is 0 Å². The standard InChI is InChI=1S/C14H23NO4S/c1-2-9-7-11(12(8-9)14(17)18)13(16)15-10-3-5-20(19)6-4-10/h9-12H,2-8H2,1H3,(H,15,16)(H,17,18). The molecule has 2 N–H and O–H groups in total. The minimum Gasteiger partial charge on any atom is -0.481 e. The van der Waals surface area contributed by atoms with Crippen LogP contribution in [0.3, 0.4) is 0 Å². The summed E-state index contributed by atoms with van der Waals surface area (Å²) in [6.07, 6.45) is 3.69. The molecular formula is C14H23NO4S. The van der Waals surface area contributed by atoms with Crippen LogP contribution in [-0.2, 0) is 20.4 Å². The Kier molecular flexibility index (Phi) is 5.18. The highest BCUT2D eigenvalue weighted by Gasteiger charge is 2.42. The lowest BCUT2D eigenvalue weighted by Gasteiger charge is -2.25. The first-order valence-corrected chi connectivity index (χ1v) is 8.88. The Balaban J connectivity index is 1.93. The van der Waals surface area contributed by atoms with Crippen molar-refractivity contribution in [3.63, 3.8) is 0 Å². The fraction of sp³-hybridized carbons (Fsp3) is 0.857. The summed E-state index contributed by atoms with van der Waals surface area (Å²) in [7, 11) is -0.745. The largest absolute Gasteiger partial charge is 0.481 e. The van der Waals surface area contributed by atoms with Crippen LogP contribution in [-0.4, -0.2) is 38.7 Å². The second-order valence-electron chi connectivity index (χ2n) is 5.93. The van der Waals surface area contributed by atoms with Gasteiger partial charge in [-0.15, -0.1) is 0 Å². The van der Waals surface area contributed by atoms with Crippen LogP contribution in [0, 0.1) is 17.8 Å². The predicted molar refractivity (Wildman–Crippen MR) is 76.7 cm³/mol. The molecule has 2 rings (SSSR count). The van der Waals surface area contributed by atoms with E-state index in [0.717, 1.165) is 19.3 Å². The average Bonchev–Trinajstić information content (AvgIpc) is 2.86. The summed E-state index contributed by atoms with van der Waals surface area (Å²) in [5.41, 5.74) is 0. The number of hydrogen-bond acceptors (Lipinski definition) is 3. The summed E-state index contributed by atoms with van der Waals surface area (Å²) in [5, 5.41) is 12.2. The number of carbonyl (C=O) groups is 2. The maximum absolute atomic E-state index is 12.3. The molecule has 1 saturated heterocycles. The van der Waals surface area contributed by atoms with Crippen LogP contribution in [0.4, 0.5) is 0 Å². The molecule has 3 atom stereocenters. The van der Waals surface area contributed by atoms with Gasteiger partial charge in [0.25, 0.3) is 0 Å². The van der Waals surface area contributed by atoms with Crippen molar-refractivity contribution in [2.75, 3.05) is 11.5 Å². The van der Waals surface area contributed by atoms with E-state index in [-0.39, 0.29) is 11.9 Å². The van der Waals surface area contributed by atoms with E-state index >= 15 is 0 Å². The van der Waals surface area contributed by atoms with Crippen molar-refractivity contribution in [3.05, 3.63) is 0 Å². The third-order valence-corrected chi connectivity index (χ3v) is 6.01. The SMILES string of the molecule is CCC1CC(C(=O)O)C(C(=O)NC2CCS(=O)CC2)C1. The Bertz CT molecular complexity index is 402. The maximum atomic E-state index is 12.3. The molecular weight excluding hydrogens is 278 g/mol. The normalized spacial score (nSPS) is 37.5. The lowest BCUT2D eigenvalue weighted by Crippen LogP contribution is -2.44. The van der Waals surface area contributed by atoms with Crippen molar-refractivity contribution in [2.45, 2.75) is 45.1 Å². The molecule has 1 aliphatic heterocycles. The van der Waals surface area contributed by atoms with Crippen LogP contribution in [0.15, 0.2) is 0 Å². The fourth-order valence-corrected chi connectivity index (χ4v) is 4.58. The molecule has 114 valence electrons. The molecule has 1 heterocycles. The van der Waals surface area contributed by atoms with E-state index in [1.165, 1.54) is 0 Å². The first-order valence-electron chi connectivity index (χ1n) is 7.39. The number of carbonyl (C=O) groups excluding carboxylic acids is 1. The van der Waals surface area contributed by atoms with E-state index in [1.807, 2.05) is 6.92 Å². The third-order valence-electron chi connectivity index (χ3n) is 4.63. The molecule has 2 aliphatic rings. The minimum absolute atomic E-state index is 0.0651. The monoisotopic (exact) mass is 301 g/mol. The Labute approximate surface area is 122 Å². The number of aliphatic carboxylic acids is 1. The molecule has 1 aliphatic carbocycles. The number of nitrogens with one attached hydrogen (secondary N) is 1. The van der Waals surface area contributed by atoms with Gasteiger partial charge in [-0.25, -0.2) is 0 Å². The van der Waals surface area contributed by atoms with Gasteiger partial charge in [-0.1, -0.05) is 13.3 Å². The van der Waals surface area contributed by atoms with Crippen LogP contribution in [0.5, 0.6) is 0 Å². The van der Waals surface area contributed by atoms with Gasteiger partial charge >= 0.3 is 5.97 Å². The van der Waals surface area contributed by atoms with E-state index in [4.69, 9.17) is 0 Å². The van der Waals surface area contributed by atoms with Crippen LogP contribution in [0.1, 0.15) is 39.0 Å². The highest BCUT2D eigenvalue weighted by Crippen LogP contribution is 2.38. The Morgan fingerprint density at radius 2 is 1.80 bits per heavy atom. The molecule has 0 aromatic carbocycles. The summed E-state index contributed by atoms with van der Waals surface area (Å²) < 4.78 is 11.3. The van der Waals surface area contributed by atoms with E-state index in [2.05, 4.69) is 5.32 Å². The molecule has 3 unspecified atom stereocenters. The zero-order chi connectivity index (χ0) is 14.7. The molecule has 6 heteroatoms.